The normalized spacial score (nSPS) is 11.0. The van der Waals surface area contributed by atoms with Gasteiger partial charge in [0.1, 0.15) is 5.76 Å². The standard InChI is InChI=1S/C14H25N3O2.HI/c1-3-8-15-14(17-10-12-18-4-2)16-9-7-13-6-5-11-19-13;/h5-6,11H,3-4,7-10,12H2,1-2H3,(H2,15,16,17);1H. The van der Waals surface area contributed by atoms with Gasteiger partial charge in [-0.2, -0.15) is 0 Å². The summed E-state index contributed by atoms with van der Waals surface area (Å²) in [6.07, 6.45) is 3.59. The van der Waals surface area contributed by atoms with Crippen molar-refractivity contribution in [2.24, 2.45) is 4.99 Å². The van der Waals surface area contributed by atoms with Crippen molar-refractivity contribution in [3.8, 4) is 0 Å². The number of rotatable bonds is 9. The maximum absolute atomic E-state index is 5.29. The van der Waals surface area contributed by atoms with Crippen LogP contribution in [0, 0.1) is 0 Å². The second-order valence-corrected chi connectivity index (χ2v) is 4.11. The molecule has 0 aromatic carbocycles. The molecule has 0 spiro atoms. The fraction of sp³-hybridized carbons (Fsp3) is 0.643. The summed E-state index contributed by atoms with van der Waals surface area (Å²) in [5.74, 6) is 1.82. The van der Waals surface area contributed by atoms with Crippen LogP contribution < -0.4 is 10.6 Å². The topological polar surface area (TPSA) is 58.8 Å². The Bertz CT molecular complexity index is 342. The molecule has 0 amide bonds. The molecule has 116 valence electrons. The maximum Gasteiger partial charge on any atom is 0.191 e. The average molecular weight is 395 g/mol. The quantitative estimate of drug-likeness (QED) is 0.292. The summed E-state index contributed by atoms with van der Waals surface area (Å²) >= 11 is 0. The molecule has 0 unspecified atom stereocenters. The Labute approximate surface area is 138 Å². The van der Waals surface area contributed by atoms with Crippen molar-refractivity contribution in [3.05, 3.63) is 24.2 Å². The van der Waals surface area contributed by atoms with Crippen molar-refractivity contribution in [1.82, 2.24) is 10.6 Å². The first-order valence-corrected chi connectivity index (χ1v) is 6.99. The van der Waals surface area contributed by atoms with Crippen molar-refractivity contribution in [2.45, 2.75) is 26.7 Å². The fourth-order valence-electron chi connectivity index (χ4n) is 1.54. The largest absolute Gasteiger partial charge is 0.469 e. The van der Waals surface area contributed by atoms with Crippen LogP contribution >= 0.6 is 24.0 Å². The van der Waals surface area contributed by atoms with Gasteiger partial charge in [0, 0.05) is 32.7 Å². The van der Waals surface area contributed by atoms with Gasteiger partial charge < -0.3 is 19.8 Å². The van der Waals surface area contributed by atoms with Gasteiger partial charge in [0.2, 0.25) is 0 Å². The predicted molar refractivity (Wildman–Crippen MR) is 92.9 cm³/mol. The van der Waals surface area contributed by atoms with Crippen LogP contribution in [0.25, 0.3) is 0 Å². The number of hydrogen-bond acceptors (Lipinski definition) is 3. The summed E-state index contributed by atoms with van der Waals surface area (Å²) in [4.78, 5) is 4.47. The molecule has 0 saturated carbocycles. The maximum atomic E-state index is 5.29. The monoisotopic (exact) mass is 395 g/mol. The van der Waals surface area contributed by atoms with Gasteiger partial charge in [0.25, 0.3) is 0 Å². The third-order valence-electron chi connectivity index (χ3n) is 2.48. The Morgan fingerprint density at radius 1 is 1.30 bits per heavy atom. The summed E-state index contributed by atoms with van der Waals surface area (Å²) < 4.78 is 10.6. The molecule has 1 heterocycles. The molecule has 0 aliphatic carbocycles. The highest BCUT2D eigenvalue weighted by Crippen LogP contribution is 1.99. The van der Waals surface area contributed by atoms with Gasteiger partial charge in [0.15, 0.2) is 5.96 Å². The van der Waals surface area contributed by atoms with E-state index in [4.69, 9.17) is 9.15 Å². The van der Waals surface area contributed by atoms with E-state index in [0.29, 0.717) is 6.61 Å². The highest BCUT2D eigenvalue weighted by Gasteiger charge is 1.99. The Morgan fingerprint density at radius 3 is 2.75 bits per heavy atom. The average Bonchev–Trinajstić information content (AvgIpc) is 2.93. The summed E-state index contributed by atoms with van der Waals surface area (Å²) in [6, 6.07) is 3.88. The number of halogens is 1. The lowest BCUT2D eigenvalue weighted by atomic mass is 10.3. The van der Waals surface area contributed by atoms with Gasteiger partial charge in [0.05, 0.1) is 12.9 Å². The predicted octanol–water partition coefficient (Wildman–Crippen LogP) is 2.42. The second-order valence-electron chi connectivity index (χ2n) is 4.11. The molecule has 5 nitrogen and oxygen atoms in total. The lowest BCUT2D eigenvalue weighted by Gasteiger charge is -2.12. The van der Waals surface area contributed by atoms with E-state index < -0.39 is 0 Å². The van der Waals surface area contributed by atoms with Gasteiger partial charge in [-0.25, -0.2) is 0 Å². The molecule has 6 heteroatoms. The highest BCUT2D eigenvalue weighted by atomic mass is 127. The summed E-state index contributed by atoms with van der Waals surface area (Å²) in [5, 5.41) is 6.55. The number of furan rings is 1. The van der Waals surface area contributed by atoms with Gasteiger partial charge in [-0.1, -0.05) is 6.92 Å². The van der Waals surface area contributed by atoms with Crippen LogP contribution in [0.15, 0.2) is 27.8 Å². The van der Waals surface area contributed by atoms with Crippen molar-refractivity contribution >= 4 is 29.9 Å². The highest BCUT2D eigenvalue weighted by molar-refractivity contribution is 14.0. The van der Waals surface area contributed by atoms with E-state index in [1.807, 2.05) is 19.1 Å². The van der Waals surface area contributed by atoms with Crippen LogP contribution in [0.3, 0.4) is 0 Å². The SMILES string of the molecule is CCCN=C(NCCOCC)NCCc1ccco1.I. The van der Waals surface area contributed by atoms with E-state index >= 15 is 0 Å². The first-order valence-electron chi connectivity index (χ1n) is 6.99. The lowest BCUT2D eigenvalue weighted by Crippen LogP contribution is -2.40. The fourth-order valence-corrected chi connectivity index (χ4v) is 1.54. The van der Waals surface area contributed by atoms with Gasteiger partial charge in [-0.3, -0.25) is 4.99 Å². The molecule has 1 aromatic rings. The lowest BCUT2D eigenvalue weighted by molar-refractivity contribution is 0.152. The number of nitrogens with one attached hydrogen (secondary N) is 2. The molecule has 20 heavy (non-hydrogen) atoms. The number of ether oxygens (including phenoxy) is 1. The molecule has 0 aliphatic heterocycles. The molecule has 0 bridgehead atoms. The molecule has 2 N–H and O–H groups in total. The zero-order chi connectivity index (χ0) is 13.8. The van der Waals surface area contributed by atoms with E-state index in [9.17, 15) is 0 Å². The Hall–Kier alpha value is -0.760. The molecule has 1 rings (SSSR count). The number of hydrogen-bond donors (Lipinski definition) is 2. The molecule has 0 fully saturated rings. The minimum atomic E-state index is 0. The number of guanidine groups is 1. The van der Waals surface area contributed by atoms with Crippen LogP contribution in [-0.4, -0.2) is 38.8 Å². The van der Waals surface area contributed by atoms with E-state index in [2.05, 4.69) is 22.5 Å². The second kappa shape index (κ2) is 13.2. The zero-order valence-corrected chi connectivity index (χ0v) is 14.7. The van der Waals surface area contributed by atoms with Crippen molar-refractivity contribution < 1.29 is 9.15 Å². The van der Waals surface area contributed by atoms with E-state index in [-0.39, 0.29) is 24.0 Å². The van der Waals surface area contributed by atoms with E-state index in [1.54, 1.807) is 6.26 Å². The Kier molecular flexibility index (Phi) is 12.7. The van der Waals surface area contributed by atoms with Crippen LogP contribution in [0.4, 0.5) is 0 Å². The zero-order valence-electron chi connectivity index (χ0n) is 12.4. The first kappa shape index (κ1) is 19.2. The molecule has 0 radical (unpaired) electrons. The summed E-state index contributed by atoms with van der Waals surface area (Å²) in [5.41, 5.74) is 0. The van der Waals surface area contributed by atoms with E-state index in [1.165, 1.54) is 0 Å². The molecule has 1 aromatic heterocycles. The van der Waals surface area contributed by atoms with E-state index in [0.717, 1.165) is 50.8 Å². The molecule has 0 aliphatic rings. The van der Waals surface area contributed by atoms with Crippen molar-refractivity contribution in [3.63, 3.8) is 0 Å². The smallest absolute Gasteiger partial charge is 0.191 e. The first-order chi connectivity index (χ1) is 9.36. The van der Waals surface area contributed by atoms with Crippen LogP contribution in [0.2, 0.25) is 0 Å². The molecular formula is C14H26IN3O2. The van der Waals surface area contributed by atoms with Gasteiger partial charge >= 0.3 is 0 Å². The minimum Gasteiger partial charge on any atom is -0.469 e. The number of nitrogens with zero attached hydrogens (tertiary/aromatic N) is 1. The van der Waals surface area contributed by atoms with Gasteiger partial charge in [-0.05, 0) is 25.5 Å². The third kappa shape index (κ3) is 9.19. The van der Waals surface area contributed by atoms with Crippen molar-refractivity contribution in [1.29, 1.82) is 0 Å². The van der Waals surface area contributed by atoms with Crippen molar-refractivity contribution in [2.75, 3.05) is 32.8 Å². The van der Waals surface area contributed by atoms with Gasteiger partial charge in [-0.15, -0.1) is 24.0 Å². The summed E-state index contributed by atoms with van der Waals surface area (Å²) in [7, 11) is 0. The molecule has 0 atom stereocenters. The van der Waals surface area contributed by atoms with Crippen LogP contribution in [0.5, 0.6) is 0 Å². The van der Waals surface area contributed by atoms with Crippen LogP contribution in [0.1, 0.15) is 26.0 Å². The Morgan fingerprint density at radius 2 is 2.10 bits per heavy atom. The molecular weight excluding hydrogens is 369 g/mol. The minimum absolute atomic E-state index is 0. The molecule has 0 saturated heterocycles. The summed E-state index contributed by atoms with van der Waals surface area (Å²) in [6.45, 7) is 7.95. The Balaban J connectivity index is 0.00000361. The third-order valence-corrected chi connectivity index (χ3v) is 2.48. The van der Waals surface area contributed by atoms with Crippen LogP contribution in [-0.2, 0) is 11.2 Å². The number of aliphatic imine (C=N–C) groups is 1.